The lowest BCUT2D eigenvalue weighted by atomic mass is 10.1. The van der Waals surface area contributed by atoms with Crippen LogP contribution in [0.25, 0.3) is 38.9 Å². The lowest BCUT2D eigenvalue weighted by Crippen LogP contribution is -2.29. The molecule has 0 bridgehead atoms. The Morgan fingerprint density at radius 2 is 1.54 bits per heavy atom. The zero-order valence-electron chi connectivity index (χ0n) is 21.3. The number of nitrogens with zero attached hydrogens (tertiary/aromatic N) is 8. The zero-order chi connectivity index (χ0) is 26.6. The minimum Gasteiger partial charge on any atom is -0.372 e. The lowest BCUT2D eigenvalue weighted by Gasteiger charge is -2.28. The Kier molecular flexibility index (Phi) is 5.48. The summed E-state index contributed by atoms with van der Waals surface area (Å²) < 4.78 is 32.1. The van der Waals surface area contributed by atoms with Gasteiger partial charge in [-0.3, -0.25) is 14.1 Å². The van der Waals surface area contributed by atoms with E-state index in [2.05, 4.69) is 49.3 Å². The molecule has 1 fully saturated rings. The number of anilines is 1. The number of aryl methyl sites for hydroxylation is 1. The van der Waals surface area contributed by atoms with Gasteiger partial charge in [-0.1, -0.05) is 12.1 Å². The maximum Gasteiger partial charge on any atom is 0.301 e. The first-order valence-corrected chi connectivity index (χ1v) is 14.3. The number of fused-ring (bicyclic) bond motifs is 2. The fraction of sp³-hybridized carbons (Fsp3) is 0.214. The van der Waals surface area contributed by atoms with Gasteiger partial charge in [0.15, 0.2) is 5.03 Å². The first-order chi connectivity index (χ1) is 19.0. The van der Waals surface area contributed by atoms with Gasteiger partial charge in [0.1, 0.15) is 16.7 Å². The highest BCUT2D eigenvalue weighted by atomic mass is 32.2. The number of rotatable bonds is 5. The molecule has 6 aromatic rings. The van der Waals surface area contributed by atoms with Crippen molar-refractivity contribution < 1.29 is 8.42 Å². The van der Waals surface area contributed by atoms with E-state index < -0.39 is 10.0 Å². The Hall–Kier alpha value is -4.51. The molecule has 0 spiro atoms. The minimum absolute atomic E-state index is 0.0288. The van der Waals surface area contributed by atoms with Crippen LogP contribution in [0, 0.1) is 0 Å². The van der Waals surface area contributed by atoms with E-state index >= 15 is 0 Å². The molecule has 0 aliphatic carbocycles. The van der Waals surface area contributed by atoms with Crippen LogP contribution in [0.1, 0.15) is 19.3 Å². The Bertz CT molecular complexity index is 1930. The van der Waals surface area contributed by atoms with Crippen molar-refractivity contribution in [3.63, 3.8) is 0 Å². The van der Waals surface area contributed by atoms with Crippen molar-refractivity contribution in [2.45, 2.75) is 24.3 Å². The molecule has 6 heterocycles. The number of hydrogen-bond acceptors (Lipinski definition) is 7. The molecule has 1 aromatic carbocycles. The van der Waals surface area contributed by atoms with Crippen LogP contribution < -0.4 is 4.90 Å². The molecular weight excluding hydrogens is 512 g/mol. The van der Waals surface area contributed by atoms with E-state index in [1.54, 1.807) is 27.5 Å². The van der Waals surface area contributed by atoms with Gasteiger partial charge in [-0.25, -0.2) is 4.98 Å². The molecule has 0 N–H and O–H groups in total. The average molecular weight is 539 g/mol. The number of benzene rings is 1. The smallest absolute Gasteiger partial charge is 0.301 e. The third-order valence-electron chi connectivity index (χ3n) is 7.31. The Morgan fingerprint density at radius 1 is 0.744 bits per heavy atom. The van der Waals surface area contributed by atoms with E-state index in [0.29, 0.717) is 16.7 Å². The Labute approximate surface area is 225 Å². The van der Waals surface area contributed by atoms with Crippen LogP contribution in [0.3, 0.4) is 0 Å². The van der Waals surface area contributed by atoms with Gasteiger partial charge in [0, 0.05) is 55.5 Å². The van der Waals surface area contributed by atoms with Crippen LogP contribution in [0.15, 0.2) is 84.7 Å². The molecule has 10 nitrogen and oxygen atoms in total. The van der Waals surface area contributed by atoms with Crippen LogP contribution in [0.4, 0.5) is 5.69 Å². The molecule has 1 saturated heterocycles. The predicted molar refractivity (Wildman–Crippen MR) is 149 cm³/mol. The maximum atomic E-state index is 13.9. The van der Waals surface area contributed by atoms with E-state index in [-0.39, 0.29) is 5.03 Å². The largest absolute Gasteiger partial charge is 0.372 e. The number of aromatic nitrogens is 7. The van der Waals surface area contributed by atoms with Gasteiger partial charge >= 0.3 is 10.0 Å². The van der Waals surface area contributed by atoms with Crippen molar-refractivity contribution in [2.24, 2.45) is 7.05 Å². The molecule has 1 aliphatic heterocycles. The van der Waals surface area contributed by atoms with Crippen molar-refractivity contribution in [2.75, 3.05) is 18.0 Å². The molecule has 5 aromatic heterocycles. The Balaban J connectivity index is 1.27. The number of hydrogen-bond donors (Lipinski definition) is 0. The number of piperidine rings is 1. The van der Waals surface area contributed by atoms with E-state index in [0.717, 1.165) is 39.4 Å². The van der Waals surface area contributed by atoms with Crippen molar-refractivity contribution in [1.82, 2.24) is 33.3 Å². The van der Waals surface area contributed by atoms with E-state index in [9.17, 15) is 8.42 Å². The SMILES string of the molecule is Cn1cc(-c2cnc3cnn(S(=O)(=O)c4cnc5ccc(-c6ccc(N7CCCCC7)cc6)cn45)c3c2)cn1. The minimum atomic E-state index is -4.08. The molecule has 0 unspecified atom stereocenters. The summed E-state index contributed by atoms with van der Waals surface area (Å²) in [5, 5.41) is 8.44. The van der Waals surface area contributed by atoms with Gasteiger partial charge in [0.05, 0.1) is 18.6 Å². The standard InChI is InChI=1S/C28H26N8O2S/c1-33-18-23(15-31-33)22-13-26-25(29-14-22)16-32-36(26)39(37,38)28-17-30-27-10-7-21(19-35(27)28)20-5-8-24(9-6-20)34-11-3-2-4-12-34/h5-10,13-19H,2-4,11-12H2,1H3. The summed E-state index contributed by atoms with van der Waals surface area (Å²) in [5.74, 6) is 0. The fourth-order valence-electron chi connectivity index (χ4n) is 5.23. The third-order valence-corrected chi connectivity index (χ3v) is 8.89. The lowest BCUT2D eigenvalue weighted by molar-refractivity contribution is 0.577. The van der Waals surface area contributed by atoms with Gasteiger partial charge in [0.25, 0.3) is 0 Å². The quantitative estimate of drug-likeness (QED) is 0.321. The van der Waals surface area contributed by atoms with Crippen LogP contribution in [-0.2, 0) is 17.1 Å². The summed E-state index contributed by atoms with van der Waals surface area (Å²) in [7, 11) is -2.26. The molecule has 0 saturated carbocycles. The average Bonchev–Trinajstić information content (AvgIpc) is 3.71. The summed E-state index contributed by atoms with van der Waals surface area (Å²) in [5.41, 5.74) is 6.11. The second kappa shape index (κ2) is 9.05. The third kappa shape index (κ3) is 4.06. The second-order valence-corrected chi connectivity index (χ2v) is 11.6. The number of imidazole rings is 1. The molecular formula is C28H26N8O2S. The first kappa shape index (κ1) is 23.6. The zero-order valence-corrected chi connectivity index (χ0v) is 22.2. The molecule has 11 heteroatoms. The van der Waals surface area contributed by atoms with Gasteiger partial charge in [-0.15, -0.1) is 0 Å². The van der Waals surface area contributed by atoms with Crippen molar-refractivity contribution >= 4 is 32.4 Å². The highest BCUT2D eigenvalue weighted by Crippen LogP contribution is 2.28. The monoisotopic (exact) mass is 538 g/mol. The summed E-state index contributed by atoms with van der Waals surface area (Å²) in [6.45, 7) is 2.17. The van der Waals surface area contributed by atoms with Crippen LogP contribution >= 0.6 is 0 Å². The summed E-state index contributed by atoms with van der Waals surface area (Å²) in [6, 6.07) is 14.0. The fourth-order valence-corrected chi connectivity index (χ4v) is 6.56. The van der Waals surface area contributed by atoms with Crippen molar-refractivity contribution in [1.29, 1.82) is 0 Å². The molecule has 39 heavy (non-hydrogen) atoms. The van der Waals surface area contributed by atoms with Crippen LogP contribution in [-0.4, -0.2) is 54.8 Å². The first-order valence-electron chi connectivity index (χ1n) is 12.9. The molecule has 0 amide bonds. The van der Waals surface area contributed by atoms with Gasteiger partial charge in [-0.2, -0.15) is 22.7 Å². The molecule has 7 rings (SSSR count). The molecule has 1 aliphatic rings. The van der Waals surface area contributed by atoms with Crippen LogP contribution in [0.2, 0.25) is 0 Å². The number of pyridine rings is 2. The second-order valence-electron chi connectivity index (χ2n) is 9.86. The summed E-state index contributed by atoms with van der Waals surface area (Å²) >= 11 is 0. The van der Waals surface area contributed by atoms with Gasteiger partial charge in [0.2, 0.25) is 0 Å². The van der Waals surface area contributed by atoms with Gasteiger partial charge < -0.3 is 4.90 Å². The Morgan fingerprint density at radius 3 is 2.31 bits per heavy atom. The van der Waals surface area contributed by atoms with Gasteiger partial charge in [-0.05, 0) is 60.7 Å². The van der Waals surface area contributed by atoms with Crippen molar-refractivity contribution in [3.8, 4) is 22.3 Å². The molecule has 0 atom stereocenters. The summed E-state index contributed by atoms with van der Waals surface area (Å²) in [6.07, 6.45) is 13.6. The van der Waals surface area contributed by atoms with E-state index in [1.807, 2.05) is 31.6 Å². The van der Waals surface area contributed by atoms with E-state index in [1.165, 1.54) is 37.3 Å². The van der Waals surface area contributed by atoms with Crippen molar-refractivity contribution in [3.05, 3.63) is 79.6 Å². The summed E-state index contributed by atoms with van der Waals surface area (Å²) in [4.78, 5) is 11.2. The predicted octanol–water partition coefficient (Wildman–Crippen LogP) is 4.37. The molecule has 0 radical (unpaired) electrons. The van der Waals surface area contributed by atoms with E-state index in [4.69, 9.17) is 0 Å². The highest BCUT2D eigenvalue weighted by molar-refractivity contribution is 7.90. The van der Waals surface area contributed by atoms with Crippen LogP contribution in [0.5, 0.6) is 0 Å². The topological polar surface area (TPSA) is 103 Å². The maximum absolute atomic E-state index is 13.9. The highest BCUT2D eigenvalue weighted by Gasteiger charge is 2.25. The molecule has 196 valence electrons. The normalized spacial score (nSPS) is 14.4.